The molecule has 23 heavy (non-hydrogen) atoms. The molecule has 0 fully saturated rings. The van der Waals surface area contributed by atoms with Gasteiger partial charge in [-0.15, -0.1) is 0 Å². The molecular weight excluding hydrogens is 302 g/mol. The van der Waals surface area contributed by atoms with E-state index in [0.29, 0.717) is 6.54 Å². The smallest absolute Gasteiger partial charge is 0.338 e. The number of benzene rings is 1. The lowest BCUT2D eigenvalue weighted by Gasteiger charge is -2.15. The lowest BCUT2D eigenvalue weighted by Crippen LogP contribution is -2.36. The molecule has 1 N–H and O–H groups in total. The summed E-state index contributed by atoms with van der Waals surface area (Å²) in [5, 5.41) is 2.70. The van der Waals surface area contributed by atoms with E-state index in [4.69, 9.17) is 4.74 Å². The van der Waals surface area contributed by atoms with Crippen LogP contribution in [0.15, 0.2) is 18.2 Å². The standard InChI is InChI=1S/C16H21NO6/c1-5-6-17-14(18)10(2)23-13-8-11(15(19)21-3)7-12(9-13)16(20)22-4/h7-10H,5-6H2,1-4H3,(H,17,18)/t10-/m1/s1. The van der Waals surface area contributed by atoms with Gasteiger partial charge in [0.2, 0.25) is 0 Å². The topological polar surface area (TPSA) is 90.9 Å². The summed E-state index contributed by atoms with van der Waals surface area (Å²) in [5.41, 5.74) is 0.262. The summed E-state index contributed by atoms with van der Waals surface area (Å²) in [6.07, 6.45) is 0.0305. The van der Waals surface area contributed by atoms with Gasteiger partial charge in [0, 0.05) is 6.54 Å². The highest BCUT2D eigenvalue weighted by molar-refractivity contribution is 5.96. The van der Waals surface area contributed by atoms with Gasteiger partial charge < -0.3 is 19.5 Å². The number of ether oxygens (including phenoxy) is 3. The summed E-state index contributed by atoms with van der Waals surface area (Å²) in [4.78, 5) is 35.2. The summed E-state index contributed by atoms with van der Waals surface area (Å²) in [5.74, 6) is -1.32. The van der Waals surface area contributed by atoms with Gasteiger partial charge in [0.25, 0.3) is 5.91 Å². The molecule has 0 radical (unpaired) electrons. The molecule has 1 rings (SSSR count). The Bertz CT molecular complexity index is 550. The van der Waals surface area contributed by atoms with Crippen LogP contribution in [0.25, 0.3) is 0 Å². The third kappa shape index (κ3) is 5.28. The molecule has 0 saturated carbocycles. The highest BCUT2D eigenvalue weighted by Crippen LogP contribution is 2.20. The number of carbonyl (C=O) groups is 3. The highest BCUT2D eigenvalue weighted by atomic mass is 16.5. The van der Waals surface area contributed by atoms with Crippen LogP contribution in [0.5, 0.6) is 5.75 Å². The third-order valence-corrected chi connectivity index (χ3v) is 2.98. The predicted molar refractivity (Wildman–Crippen MR) is 82.5 cm³/mol. The Morgan fingerprint density at radius 1 is 1.04 bits per heavy atom. The van der Waals surface area contributed by atoms with Crippen LogP contribution in [-0.4, -0.2) is 44.7 Å². The number of hydrogen-bond acceptors (Lipinski definition) is 6. The fraction of sp³-hybridized carbons (Fsp3) is 0.438. The van der Waals surface area contributed by atoms with Crippen LogP contribution in [0.3, 0.4) is 0 Å². The van der Waals surface area contributed by atoms with Crippen molar-refractivity contribution in [2.45, 2.75) is 26.4 Å². The van der Waals surface area contributed by atoms with Gasteiger partial charge in [-0.25, -0.2) is 9.59 Å². The molecule has 0 aromatic heterocycles. The number of esters is 2. The molecule has 0 aliphatic carbocycles. The van der Waals surface area contributed by atoms with Crippen molar-refractivity contribution in [2.75, 3.05) is 20.8 Å². The Hall–Kier alpha value is -2.57. The second-order valence-electron chi connectivity index (χ2n) is 4.78. The van der Waals surface area contributed by atoms with Gasteiger partial charge in [-0.1, -0.05) is 6.92 Å². The van der Waals surface area contributed by atoms with Crippen molar-refractivity contribution in [1.29, 1.82) is 0 Å². The molecule has 0 saturated heterocycles. The first kappa shape index (κ1) is 18.5. The summed E-state index contributed by atoms with van der Waals surface area (Å²) in [6.45, 7) is 4.06. The number of carbonyl (C=O) groups excluding carboxylic acids is 3. The van der Waals surface area contributed by atoms with E-state index in [1.807, 2.05) is 6.92 Å². The maximum absolute atomic E-state index is 11.8. The molecule has 1 aromatic carbocycles. The molecule has 7 heteroatoms. The average Bonchev–Trinajstić information content (AvgIpc) is 2.57. The zero-order chi connectivity index (χ0) is 17.4. The minimum atomic E-state index is -0.778. The number of amides is 1. The first-order valence-electron chi connectivity index (χ1n) is 7.19. The lowest BCUT2D eigenvalue weighted by molar-refractivity contribution is -0.127. The zero-order valence-corrected chi connectivity index (χ0v) is 13.7. The number of nitrogens with one attached hydrogen (secondary N) is 1. The third-order valence-electron chi connectivity index (χ3n) is 2.98. The maximum Gasteiger partial charge on any atom is 0.338 e. The average molecular weight is 323 g/mol. The van der Waals surface area contributed by atoms with Crippen LogP contribution in [0.2, 0.25) is 0 Å². The Balaban J connectivity index is 3.02. The van der Waals surface area contributed by atoms with Gasteiger partial charge >= 0.3 is 11.9 Å². The fourth-order valence-corrected chi connectivity index (χ4v) is 1.79. The second-order valence-corrected chi connectivity index (χ2v) is 4.78. The summed E-state index contributed by atoms with van der Waals surface area (Å²) < 4.78 is 14.8. The van der Waals surface area contributed by atoms with Crippen LogP contribution in [0, 0.1) is 0 Å². The van der Waals surface area contributed by atoms with E-state index in [2.05, 4.69) is 14.8 Å². The van der Waals surface area contributed by atoms with Gasteiger partial charge in [0.1, 0.15) is 5.75 Å². The minimum absolute atomic E-state index is 0.131. The molecule has 1 atom stereocenters. The molecule has 0 unspecified atom stereocenters. The second kappa shape index (κ2) is 8.77. The quantitative estimate of drug-likeness (QED) is 0.766. The van der Waals surface area contributed by atoms with Crippen molar-refractivity contribution in [3.05, 3.63) is 29.3 Å². The molecule has 0 spiro atoms. The molecule has 0 aliphatic rings. The molecule has 0 aliphatic heterocycles. The molecule has 126 valence electrons. The van der Waals surface area contributed by atoms with Gasteiger partial charge in [-0.2, -0.15) is 0 Å². The van der Waals surface area contributed by atoms with Crippen LogP contribution in [0.4, 0.5) is 0 Å². The number of hydrogen-bond donors (Lipinski definition) is 1. The molecule has 1 aromatic rings. The van der Waals surface area contributed by atoms with Gasteiger partial charge in [0.05, 0.1) is 25.3 Å². The minimum Gasteiger partial charge on any atom is -0.481 e. The van der Waals surface area contributed by atoms with E-state index in [0.717, 1.165) is 6.42 Å². The SMILES string of the molecule is CCCNC(=O)[C@@H](C)Oc1cc(C(=O)OC)cc(C(=O)OC)c1. The number of rotatable bonds is 7. The van der Waals surface area contributed by atoms with Crippen LogP contribution in [0.1, 0.15) is 41.0 Å². The fourth-order valence-electron chi connectivity index (χ4n) is 1.79. The highest BCUT2D eigenvalue weighted by Gasteiger charge is 2.18. The van der Waals surface area contributed by atoms with E-state index in [-0.39, 0.29) is 22.8 Å². The summed E-state index contributed by atoms with van der Waals surface area (Å²) in [6, 6.07) is 4.15. The van der Waals surface area contributed by atoms with E-state index >= 15 is 0 Å². The molecule has 1 amide bonds. The monoisotopic (exact) mass is 323 g/mol. The van der Waals surface area contributed by atoms with Crippen molar-refractivity contribution >= 4 is 17.8 Å². The van der Waals surface area contributed by atoms with Crippen molar-refractivity contribution < 1.29 is 28.6 Å². The Labute approximate surface area is 134 Å². The van der Waals surface area contributed by atoms with Gasteiger partial charge in [-0.05, 0) is 31.5 Å². The Morgan fingerprint density at radius 3 is 2.00 bits per heavy atom. The van der Waals surface area contributed by atoms with E-state index < -0.39 is 18.0 Å². The molecule has 0 heterocycles. The van der Waals surface area contributed by atoms with Crippen molar-refractivity contribution in [3.8, 4) is 5.75 Å². The van der Waals surface area contributed by atoms with Gasteiger partial charge in [-0.3, -0.25) is 4.79 Å². The van der Waals surface area contributed by atoms with E-state index in [1.165, 1.54) is 32.4 Å². The van der Waals surface area contributed by atoms with E-state index in [1.54, 1.807) is 6.92 Å². The molecule has 7 nitrogen and oxygen atoms in total. The Morgan fingerprint density at radius 2 is 1.57 bits per heavy atom. The van der Waals surface area contributed by atoms with Gasteiger partial charge in [0.15, 0.2) is 6.10 Å². The maximum atomic E-state index is 11.8. The predicted octanol–water partition coefficient (Wildman–Crippen LogP) is 1.55. The van der Waals surface area contributed by atoms with Crippen LogP contribution < -0.4 is 10.1 Å². The van der Waals surface area contributed by atoms with E-state index in [9.17, 15) is 14.4 Å². The summed E-state index contributed by atoms with van der Waals surface area (Å²) in [7, 11) is 2.46. The normalized spacial score (nSPS) is 11.3. The van der Waals surface area contributed by atoms with Crippen molar-refractivity contribution in [3.63, 3.8) is 0 Å². The zero-order valence-electron chi connectivity index (χ0n) is 13.7. The molecule has 0 bridgehead atoms. The Kier molecular flexibility index (Phi) is 7.05. The van der Waals surface area contributed by atoms with Crippen molar-refractivity contribution in [1.82, 2.24) is 5.32 Å². The summed E-state index contributed by atoms with van der Waals surface area (Å²) >= 11 is 0. The molecular formula is C16H21NO6. The first-order valence-corrected chi connectivity index (χ1v) is 7.19. The lowest BCUT2D eigenvalue weighted by atomic mass is 10.1. The largest absolute Gasteiger partial charge is 0.481 e. The first-order chi connectivity index (χ1) is 10.9. The van der Waals surface area contributed by atoms with Crippen LogP contribution in [-0.2, 0) is 14.3 Å². The number of methoxy groups -OCH3 is 2. The van der Waals surface area contributed by atoms with Crippen molar-refractivity contribution in [2.24, 2.45) is 0 Å². The van der Waals surface area contributed by atoms with Crippen LogP contribution >= 0.6 is 0 Å².